The molecule has 0 spiro atoms. The zero-order valence-electron chi connectivity index (χ0n) is 12.4. The Labute approximate surface area is 120 Å². The van der Waals surface area contributed by atoms with Gasteiger partial charge in [-0.1, -0.05) is 6.92 Å². The van der Waals surface area contributed by atoms with Crippen molar-refractivity contribution in [3.63, 3.8) is 0 Å². The maximum absolute atomic E-state index is 12.6. The van der Waals surface area contributed by atoms with E-state index in [1.54, 1.807) is 13.8 Å². The second-order valence-electron chi connectivity index (χ2n) is 6.04. The van der Waals surface area contributed by atoms with E-state index in [2.05, 4.69) is 21.8 Å². The van der Waals surface area contributed by atoms with Crippen LogP contribution in [-0.4, -0.2) is 30.7 Å². The standard InChI is InChI=1S/C13H24N4O2S/c1-9-4-6-13(8-14,7-5-9)17-20(18,19)12-10(2)15-16-11(12)3/h9,17H,4-8,14H2,1-3H3,(H,15,16). The highest BCUT2D eigenvalue weighted by molar-refractivity contribution is 7.89. The lowest BCUT2D eigenvalue weighted by atomic mass is 9.78. The lowest BCUT2D eigenvalue weighted by Gasteiger charge is -2.38. The third-order valence-electron chi connectivity index (χ3n) is 4.30. The second kappa shape index (κ2) is 5.46. The molecule has 1 aromatic rings. The Hall–Kier alpha value is -0.920. The number of aromatic amines is 1. The largest absolute Gasteiger partial charge is 0.329 e. The Morgan fingerprint density at radius 1 is 1.40 bits per heavy atom. The number of rotatable bonds is 4. The molecule has 1 fully saturated rings. The molecule has 114 valence electrons. The van der Waals surface area contributed by atoms with Gasteiger partial charge in [0.1, 0.15) is 4.90 Å². The van der Waals surface area contributed by atoms with Crippen LogP contribution in [0.4, 0.5) is 0 Å². The predicted octanol–water partition coefficient (Wildman–Crippen LogP) is 1.21. The molecule has 7 heteroatoms. The summed E-state index contributed by atoms with van der Waals surface area (Å²) in [4.78, 5) is 0.254. The van der Waals surface area contributed by atoms with Crippen LogP contribution in [0.1, 0.15) is 44.0 Å². The summed E-state index contributed by atoms with van der Waals surface area (Å²) in [5.41, 5.74) is 6.41. The minimum atomic E-state index is -3.59. The van der Waals surface area contributed by atoms with Gasteiger partial charge in [-0.2, -0.15) is 5.10 Å². The van der Waals surface area contributed by atoms with Crippen LogP contribution >= 0.6 is 0 Å². The van der Waals surface area contributed by atoms with E-state index in [1.165, 1.54) is 0 Å². The monoisotopic (exact) mass is 300 g/mol. The van der Waals surface area contributed by atoms with Gasteiger partial charge in [0.2, 0.25) is 10.0 Å². The second-order valence-corrected chi connectivity index (χ2v) is 7.65. The van der Waals surface area contributed by atoms with Gasteiger partial charge >= 0.3 is 0 Å². The average molecular weight is 300 g/mol. The molecule has 1 aliphatic rings. The number of aryl methyl sites for hydroxylation is 2. The van der Waals surface area contributed by atoms with Gasteiger partial charge in [-0.15, -0.1) is 0 Å². The zero-order chi connectivity index (χ0) is 15.0. The minimum absolute atomic E-state index is 0.254. The quantitative estimate of drug-likeness (QED) is 0.778. The molecule has 0 saturated heterocycles. The average Bonchev–Trinajstić information content (AvgIpc) is 2.72. The van der Waals surface area contributed by atoms with Crippen molar-refractivity contribution >= 4 is 10.0 Å². The fourth-order valence-electron chi connectivity index (χ4n) is 2.94. The van der Waals surface area contributed by atoms with E-state index >= 15 is 0 Å². The van der Waals surface area contributed by atoms with E-state index < -0.39 is 15.6 Å². The summed E-state index contributed by atoms with van der Waals surface area (Å²) in [6, 6.07) is 0. The van der Waals surface area contributed by atoms with E-state index in [9.17, 15) is 8.42 Å². The molecule has 0 aliphatic heterocycles. The number of hydrogen-bond acceptors (Lipinski definition) is 4. The van der Waals surface area contributed by atoms with Crippen molar-refractivity contribution in [2.75, 3.05) is 6.54 Å². The Kier molecular flexibility index (Phi) is 4.22. The van der Waals surface area contributed by atoms with Crippen molar-refractivity contribution in [2.24, 2.45) is 11.7 Å². The van der Waals surface area contributed by atoms with Crippen molar-refractivity contribution in [2.45, 2.75) is 56.9 Å². The van der Waals surface area contributed by atoms with Crippen molar-refractivity contribution < 1.29 is 8.42 Å². The van der Waals surface area contributed by atoms with Gasteiger partial charge in [0.05, 0.1) is 11.4 Å². The summed E-state index contributed by atoms with van der Waals surface area (Å²) in [6.45, 7) is 5.93. The smallest absolute Gasteiger partial charge is 0.244 e. The zero-order valence-corrected chi connectivity index (χ0v) is 13.2. The van der Waals surface area contributed by atoms with Crippen molar-refractivity contribution in [3.8, 4) is 0 Å². The van der Waals surface area contributed by atoms with E-state index in [-0.39, 0.29) is 4.90 Å². The van der Waals surface area contributed by atoms with Crippen LogP contribution < -0.4 is 10.5 Å². The molecule has 20 heavy (non-hydrogen) atoms. The highest BCUT2D eigenvalue weighted by Crippen LogP contribution is 2.33. The number of hydrogen-bond donors (Lipinski definition) is 3. The summed E-state index contributed by atoms with van der Waals surface area (Å²) in [5, 5.41) is 6.68. The predicted molar refractivity (Wildman–Crippen MR) is 77.8 cm³/mol. The van der Waals surface area contributed by atoms with Gasteiger partial charge < -0.3 is 5.73 Å². The Morgan fingerprint density at radius 2 is 2.00 bits per heavy atom. The molecule has 0 radical (unpaired) electrons. The first-order chi connectivity index (χ1) is 9.30. The van der Waals surface area contributed by atoms with E-state index in [4.69, 9.17) is 5.73 Å². The first-order valence-electron chi connectivity index (χ1n) is 7.05. The molecule has 0 atom stereocenters. The molecule has 0 aromatic carbocycles. The fourth-order valence-corrected chi connectivity index (χ4v) is 4.78. The molecule has 6 nitrogen and oxygen atoms in total. The summed E-state index contributed by atoms with van der Waals surface area (Å²) >= 11 is 0. The van der Waals surface area contributed by atoms with Crippen molar-refractivity contribution in [1.29, 1.82) is 0 Å². The molecule has 2 rings (SSSR count). The molecule has 4 N–H and O–H groups in total. The first kappa shape index (κ1) is 15.5. The minimum Gasteiger partial charge on any atom is -0.329 e. The van der Waals surface area contributed by atoms with Crippen LogP contribution in [0.15, 0.2) is 4.90 Å². The van der Waals surface area contributed by atoms with E-state index in [0.29, 0.717) is 23.9 Å². The maximum Gasteiger partial charge on any atom is 0.244 e. The van der Waals surface area contributed by atoms with Gasteiger partial charge in [0.15, 0.2) is 0 Å². The van der Waals surface area contributed by atoms with Gasteiger partial charge in [0, 0.05) is 12.1 Å². The number of H-pyrrole nitrogens is 1. The van der Waals surface area contributed by atoms with Crippen LogP contribution in [0.3, 0.4) is 0 Å². The number of nitrogens with zero attached hydrogens (tertiary/aromatic N) is 1. The molecule has 0 bridgehead atoms. The molecule has 0 amide bonds. The van der Waals surface area contributed by atoms with Gasteiger partial charge in [0.25, 0.3) is 0 Å². The van der Waals surface area contributed by atoms with Crippen molar-refractivity contribution in [3.05, 3.63) is 11.4 Å². The first-order valence-corrected chi connectivity index (χ1v) is 8.53. The van der Waals surface area contributed by atoms with Gasteiger partial charge in [-0.05, 0) is 45.4 Å². The maximum atomic E-state index is 12.6. The van der Waals surface area contributed by atoms with Crippen molar-refractivity contribution in [1.82, 2.24) is 14.9 Å². The summed E-state index contributed by atoms with van der Waals surface area (Å²) in [5.74, 6) is 0.636. The third-order valence-corrected chi connectivity index (χ3v) is 6.14. The summed E-state index contributed by atoms with van der Waals surface area (Å²) < 4.78 is 28.1. The SMILES string of the molecule is Cc1n[nH]c(C)c1S(=O)(=O)NC1(CN)CCC(C)CC1. The van der Waals surface area contributed by atoms with Gasteiger partial charge in [-0.3, -0.25) is 5.10 Å². The highest BCUT2D eigenvalue weighted by atomic mass is 32.2. The van der Waals surface area contributed by atoms with Crippen LogP contribution in [0.25, 0.3) is 0 Å². The Morgan fingerprint density at radius 3 is 2.45 bits per heavy atom. The fraction of sp³-hybridized carbons (Fsp3) is 0.769. The van der Waals surface area contributed by atoms with Crippen LogP contribution in [0.5, 0.6) is 0 Å². The lowest BCUT2D eigenvalue weighted by Crippen LogP contribution is -2.55. The molecule has 1 aliphatic carbocycles. The summed E-state index contributed by atoms with van der Waals surface area (Å²) in [7, 11) is -3.59. The van der Waals surface area contributed by atoms with Crippen LogP contribution in [-0.2, 0) is 10.0 Å². The third kappa shape index (κ3) is 2.89. The topological polar surface area (TPSA) is 101 Å². The Balaban J connectivity index is 2.27. The number of aromatic nitrogens is 2. The number of nitrogens with two attached hydrogens (primary N) is 1. The number of nitrogens with one attached hydrogen (secondary N) is 2. The molecule has 0 unspecified atom stereocenters. The van der Waals surface area contributed by atoms with E-state index in [1.807, 2.05) is 0 Å². The van der Waals surface area contributed by atoms with E-state index in [0.717, 1.165) is 25.7 Å². The van der Waals surface area contributed by atoms with Gasteiger partial charge in [-0.25, -0.2) is 13.1 Å². The molecule has 1 heterocycles. The molecular formula is C13H24N4O2S. The summed E-state index contributed by atoms with van der Waals surface area (Å²) in [6.07, 6.45) is 3.59. The highest BCUT2D eigenvalue weighted by Gasteiger charge is 2.38. The van der Waals surface area contributed by atoms with Crippen LogP contribution in [0, 0.1) is 19.8 Å². The molecular weight excluding hydrogens is 276 g/mol. The van der Waals surface area contributed by atoms with Crippen LogP contribution in [0.2, 0.25) is 0 Å². The number of sulfonamides is 1. The normalized spacial score (nSPS) is 27.7. The molecule has 1 aromatic heterocycles. The lowest BCUT2D eigenvalue weighted by molar-refractivity contribution is 0.231. The Bertz CT molecular complexity index is 552. The molecule has 1 saturated carbocycles.